The summed E-state index contributed by atoms with van der Waals surface area (Å²) >= 11 is 0. The lowest BCUT2D eigenvalue weighted by atomic mass is 10.0. The van der Waals surface area contributed by atoms with Crippen molar-refractivity contribution in [2.75, 3.05) is 20.7 Å². The summed E-state index contributed by atoms with van der Waals surface area (Å²) in [7, 11) is 4.11. The van der Waals surface area contributed by atoms with Gasteiger partial charge in [-0.1, -0.05) is 66.6 Å². The Morgan fingerprint density at radius 2 is 1.61 bits per heavy atom. The fourth-order valence-electron chi connectivity index (χ4n) is 2.98. The molecule has 0 amide bonds. The van der Waals surface area contributed by atoms with E-state index in [-0.39, 0.29) is 12.6 Å². The summed E-state index contributed by atoms with van der Waals surface area (Å²) < 4.78 is 5.99. The summed E-state index contributed by atoms with van der Waals surface area (Å²) in [5.41, 5.74) is 3.35. The van der Waals surface area contributed by atoms with E-state index in [1.807, 2.05) is 43.4 Å². The molecule has 1 unspecified atom stereocenters. The molecule has 116 valence electrons. The van der Waals surface area contributed by atoms with Crippen LogP contribution in [0.5, 0.6) is 0 Å². The highest BCUT2D eigenvalue weighted by Crippen LogP contribution is 2.42. The van der Waals surface area contributed by atoms with Crippen molar-refractivity contribution in [3.05, 3.63) is 77.5 Å². The van der Waals surface area contributed by atoms with Crippen molar-refractivity contribution in [3.8, 4) is 12.3 Å². The molecule has 0 spiro atoms. The lowest BCUT2D eigenvalue weighted by Gasteiger charge is -2.28. The number of terminal acetylenes is 1. The first kappa shape index (κ1) is 15.2. The third kappa shape index (κ3) is 2.81. The third-order valence-corrected chi connectivity index (χ3v) is 4.13. The summed E-state index contributed by atoms with van der Waals surface area (Å²) in [6, 6.07) is 20.6. The highest BCUT2D eigenvalue weighted by Gasteiger charge is 2.37. The van der Waals surface area contributed by atoms with Gasteiger partial charge in [0.15, 0.2) is 0 Å². The molecule has 0 bridgehead atoms. The molecule has 2 aromatic carbocycles. The van der Waals surface area contributed by atoms with Gasteiger partial charge in [0.25, 0.3) is 0 Å². The number of benzene rings is 2. The number of ether oxygens (including phenoxy) is 1. The van der Waals surface area contributed by atoms with Gasteiger partial charge in [0, 0.05) is 19.7 Å². The van der Waals surface area contributed by atoms with Crippen molar-refractivity contribution in [1.82, 2.24) is 10.0 Å². The molecule has 1 aliphatic rings. The molecule has 0 saturated heterocycles. The van der Waals surface area contributed by atoms with Gasteiger partial charge in [-0.25, -0.2) is 5.01 Å². The molecule has 2 aromatic rings. The SMILES string of the molecule is C#CCOC1=C(c2ccccc2)N(C)N(C)C1c1ccccc1. The van der Waals surface area contributed by atoms with E-state index in [1.54, 1.807) is 0 Å². The second-order valence-corrected chi connectivity index (χ2v) is 5.48. The zero-order chi connectivity index (χ0) is 16.2. The summed E-state index contributed by atoms with van der Waals surface area (Å²) in [5, 5.41) is 4.29. The highest BCUT2D eigenvalue weighted by atomic mass is 16.5. The Balaban J connectivity index is 2.12. The predicted octanol–water partition coefficient (Wildman–Crippen LogP) is 3.54. The van der Waals surface area contributed by atoms with E-state index in [0.29, 0.717) is 0 Å². The van der Waals surface area contributed by atoms with Crippen molar-refractivity contribution in [1.29, 1.82) is 0 Å². The Bertz CT molecular complexity index is 731. The van der Waals surface area contributed by atoms with Gasteiger partial charge in [-0.2, -0.15) is 0 Å². The van der Waals surface area contributed by atoms with E-state index in [1.165, 1.54) is 5.56 Å². The van der Waals surface area contributed by atoms with E-state index in [4.69, 9.17) is 11.2 Å². The van der Waals surface area contributed by atoms with Crippen LogP contribution in [0.4, 0.5) is 0 Å². The van der Waals surface area contributed by atoms with E-state index in [9.17, 15) is 0 Å². The molecule has 23 heavy (non-hydrogen) atoms. The van der Waals surface area contributed by atoms with Crippen molar-refractivity contribution >= 4 is 5.70 Å². The largest absolute Gasteiger partial charge is 0.481 e. The fourth-order valence-corrected chi connectivity index (χ4v) is 2.98. The second-order valence-electron chi connectivity index (χ2n) is 5.48. The molecular weight excluding hydrogens is 284 g/mol. The summed E-state index contributed by atoms with van der Waals surface area (Å²) in [6.07, 6.45) is 5.42. The second kappa shape index (κ2) is 6.60. The summed E-state index contributed by atoms with van der Waals surface area (Å²) in [4.78, 5) is 0. The van der Waals surface area contributed by atoms with Crippen LogP contribution in [0.3, 0.4) is 0 Å². The van der Waals surface area contributed by atoms with Gasteiger partial charge < -0.3 is 9.75 Å². The molecule has 0 aromatic heterocycles. The van der Waals surface area contributed by atoms with Gasteiger partial charge in [0.1, 0.15) is 18.4 Å². The number of hydrogen-bond donors (Lipinski definition) is 0. The number of nitrogens with zero attached hydrogens (tertiary/aromatic N) is 2. The van der Waals surface area contributed by atoms with Crippen LogP contribution in [0.25, 0.3) is 5.70 Å². The fraction of sp³-hybridized carbons (Fsp3) is 0.200. The molecule has 0 saturated carbocycles. The zero-order valence-corrected chi connectivity index (χ0v) is 13.4. The zero-order valence-electron chi connectivity index (χ0n) is 13.4. The number of rotatable bonds is 4. The first-order chi connectivity index (χ1) is 11.2. The molecule has 1 aliphatic heterocycles. The normalized spacial score (nSPS) is 18.1. The van der Waals surface area contributed by atoms with Crippen LogP contribution in [0.1, 0.15) is 17.2 Å². The van der Waals surface area contributed by atoms with Gasteiger partial charge >= 0.3 is 0 Å². The van der Waals surface area contributed by atoms with Gasteiger partial charge in [-0.05, 0) is 5.56 Å². The minimum atomic E-state index is 0.0183. The highest BCUT2D eigenvalue weighted by molar-refractivity contribution is 5.69. The van der Waals surface area contributed by atoms with Crippen LogP contribution < -0.4 is 0 Å². The number of likely N-dealkylation sites (N-methyl/N-ethyl adjacent to an activating group) is 1. The quantitative estimate of drug-likeness (QED) is 0.804. The summed E-state index contributed by atoms with van der Waals surface area (Å²) in [6.45, 7) is 0.261. The Kier molecular flexibility index (Phi) is 4.36. The average Bonchev–Trinajstić information content (AvgIpc) is 2.85. The molecule has 0 fully saturated rings. The average molecular weight is 304 g/mol. The van der Waals surface area contributed by atoms with Gasteiger partial charge in [-0.15, -0.1) is 6.42 Å². The molecule has 3 nitrogen and oxygen atoms in total. The van der Waals surface area contributed by atoms with E-state index in [2.05, 4.69) is 47.3 Å². The van der Waals surface area contributed by atoms with Gasteiger partial charge in [0.2, 0.25) is 0 Å². The van der Waals surface area contributed by atoms with Crippen LogP contribution in [0.2, 0.25) is 0 Å². The number of hydrogen-bond acceptors (Lipinski definition) is 3. The van der Waals surface area contributed by atoms with Crippen LogP contribution in [-0.2, 0) is 4.74 Å². The lowest BCUT2D eigenvalue weighted by Crippen LogP contribution is -2.32. The molecule has 0 N–H and O–H groups in total. The van der Waals surface area contributed by atoms with Crippen molar-refractivity contribution in [3.63, 3.8) is 0 Å². The van der Waals surface area contributed by atoms with Gasteiger partial charge in [0.05, 0.1) is 5.70 Å². The maximum absolute atomic E-state index is 5.99. The molecule has 1 heterocycles. The third-order valence-electron chi connectivity index (χ3n) is 4.13. The van der Waals surface area contributed by atoms with Gasteiger partial charge in [-0.3, -0.25) is 0 Å². The molecular formula is C20H20N2O. The van der Waals surface area contributed by atoms with Crippen LogP contribution >= 0.6 is 0 Å². The van der Waals surface area contributed by atoms with E-state index >= 15 is 0 Å². The topological polar surface area (TPSA) is 15.7 Å². The molecule has 3 rings (SSSR count). The Hall–Kier alpha value is -2.70. The molecule has 0 radical (unpaired) electrons. The predicted molar refractivity (Wildman–Crippen MR) is 92.9 cm³/mol. The maximum Gasteiger partial charge on any atom is 0.148 e. The minimum Gasteiger partial charge on any atom is -0.481 e. The smallest absolute Gasteiger partial charge is 0.148 e. The standard InChI is InChI=1S/C20H20N2O/c1-4-15-23-20-18(16-11-7-5-8-12-16)21(2)22(3)19(20)17-13-9-6-10-14-17/h1,5-14,18H,15H2,2-3H3. The van der Waals surface area contributed by atoms with Crippen molar-refractivity contribution < 1.29 is 4.74 Å². The molecule has 1 atom stereocenters. The first-order valence-electron chi connectivity index (χ1n) is 7.61. The van der Waals surface area contributed by atoms with E-state index < -0.39 is 0 Å². The Labute approximate surface area is 137 Å². The minimum absolute atomic E-state index is 0.0183. The molecule has 3 heteroatoms. The summed E-state index contributed by atoms with van der Waals surface area (Å²) in [5.74, 6) is 3.47. The number of hydrazine groups is 1. The van der Waals surface area contributed by atoms with Crippen LogP contribution in [-0.4, -0.2) is 30.7 Å². The maximum atomic E-state index is 5.99. The monoisotopic (exact) mass is 304 g/mol. The van der Waals surface area contributed by atoms with Crippen LogP contribution in [0.15, 0.2) is 66.4 Å². The van der Waals surface area contributed by atoms with Crippen molar-refractivity contribution in [2.24, 2.45) is 0 Å². The first-order valence-corrected chi connectivity index (χ1v) is 7.61. The Morgan fingerprint density at radius 3 is 2.22 bits per heavy atom. The van der Waals surface area contributed by atoms with Crippen LogP contribution in [0, 0.1) is 12.3 Å². The van der Waals surface area contributed by atoms with E-state index in [0.717, 1.165) is 17.0 Å². The molecule has 0 aliphatic carbocycles. The Morgan fingerprint density at radius 1 is 1.00 bits per heavy atom. The van der Waals surface area contributed by atoms with Crippen molar-refractivity contribution in [2.45, 2.75) is 6.04 Å². The lowest BCUT2D eigenvalue weighted by molar-refractivity contribution is 0.0644.